The Morgan fingerprint density at radius 2 is 2.36 bits per heavy atom. The molecule has 0 saturated heterocycles. The van der Waals surface area contributed by atoms with Crippen LogP contribution in [0.4, 0.5) is 0 Å². The minimum atomic E-state index is 0. The number of aryl methyl sites for hydroxylation is 2. The number of nitrogens with zero attached hydrogens (tertiary/aromatic N) is 2. The van der Waals surface area contributed by atoms with Crippen LogP contribution in [0.5, 0.6) is 0 Å². The lowest BCUT2D eigenvalue weighted by atomic mass is 10.4. The molecule has 2 N–H and O–H groups in total. The summed E-state index contributed by atoms with van der Waals surface area (Å²) in [5.74, 6) is 1.06. The monoisotopic (exact) mass is 219 g/mol. The van der Waals surface area contributed by atoms with Crippen molar-refractivity contribution in [3.63, 3.8) is 0 Å². The van der Waals surface area contributed by atoms with Gasteiger partial charge < -0.3 is 10.3 Å². The first-order chi connectivity index (χ1) is 4.84. The number of rotatable bonds is 3. The zero-order chi connectivity index (χ0) is 7.40. The highest BCUT2D eigenvalue weighted by Gasteiger charge is 1.93. The molecule has 1 heterocycles. The number of aromatic nitrogens is 2. The van der Waals surface area contributed by atoms with E-state index >= 15 is 0 Å². The lowest BCUT2D eigenvalue weighted by molar-refractivity contribution is 0.633. The first-order valence-corrected chi connectivity index (χ1v) is 3.52. The third-order valence-corrected chi connectivity index (χ3v) is 1.53. The molecule has 0 bridgehead atoms. The SMILES string of the molecule is Br.Cc1nccn1CCCN. The zero-order valence-electron chi connectivity index (χ0n) is 6.66. The topological polar surface area (TPSA) is 43.8 Å². The molecule has 0 amide bonds. The quantitative estimate of drug-likeness (QED) is 0.829. The van der Waals surface area contributed by atoms with Gasteiger partial charge in [-0.3, -0.25) is 0 Å². The van der Waals surface area contributed by atoms with Gasteiger partial charge in [-0.25, -0.2) is 4.98 Å². The molecule has 0 saturated carbocycles. The van der Waals surface area contributed by atoms with E-state index in [1.165, 1.54) is 0 Å². The third kappa shape index (κ3) is 3.03. The summed E-state index contributed by atoms with van der Waals surface area (Å²) in [7, 11) is 0. The van der Waals surface area contributed by atoms with Crippen molar-refractivity contribution in [3.8, 4) is 0 Å². The predicted octanol–water partition coefficient (Wildman–Crippen LogP) is 1.12. The van der Waals surface area contributed by atoms with Crippen molar-refractivity contribution in [1.82, 2.24) is 9.55 Å². The lowest BCUT2D eigenvalue weighted by Gasteiger charge is -2.01. The summed E-state index contributed by atoms with van der Waals surface area (Å²) in [6.45, 7) is 3.73. The van der Waals surface area contributed by atoms with Crippen LogP contribution >= 0.6 is 17.0 Å². The first kappa shape index (κ1) is 10.7. The second-order valence-electron chi connectivity index (χ2n) is 2.31. The average molecular weight is 220 g/mol. The summed E-state index contributed by atoms with van der Waals surface area (Å²) in [4.78, 5) is 4.09. The van der Waals surface area contributed by atoms with E-state index in [9.17, 15) is 0 Å². The van der Waals surface area contributed by atoms with Gasteiger partial charge in [0, 0.05) is 18.9 Å². The second-order valence-corrected chi connectivity index (χ2v) is 2.31. The van der Waals surface area contributed by atoms with Crippen LogP contribution < -0.4 is 5.73 Å². The Balaban J connectivity index is 0.000001000. The van der Waals surface area contributed by atoms with Gasteiger partial charge >= 0.3 is 0 Å². The van der Waals surface area contributed by atoms with Crippen molar-refractivity contribution < 1.29 is 0 Å². The van der Waals surface area contributed by atoms with Gasteiger partial charge in [0.05, 0.1) is 0 Å². The average Bonchev–Trinajstić information content (AvgIpc) is 2.31. The van der Waals surface area contributed by atoms with E-state index in [1.807, 2.05) is 19.3 Å². The summed E-state index contributed by atoms with van der Waals surface area (Å²) >= 11 is 0. The van der Waals surface area contributed by atoms with Crippen LogP contribution in [-0.4, -0.2) is 16.1 Å². The van der Waals surface area contributed by atoms with Gasteiger partial charge in [-0.05, 0) is 19.9 Å². The normalized spacial score (nSPS) is 9.27. The Labute approximate surface area is 77.4 Å². The lowest BCUT2D eigenvalue weighted by Crippen LogP contribution is -2.06. The molecule has 1 aromatic rings. The van der Waals surface area contributed by atoms with Crippen LogP contribution in [0.1, 0.15) is 12.2 Å². The maximum absolute atomic E-state index is 5.36. The highest BCUT2D eigenvalue weighted by molar-refractivity contribution is 8.93. The van der Waals surface area contributed by atoms with Crippen LogP contribution in [0.2, 0.25) is 0 Å². The highest BCUT2D eigenvalue weighted by Crippen LogP contribution is 1.95. The van der Waals surface area contributed by atoms with E-state index in [0.717, 1.165) is 25.3 Å². The van der Waals surface area contributed by atoms with Crippen LogP contribution in [0.3, 0.4) is 0 Å². The van der Waals surface area contributed by atoms with E-state index in [4.69, 9.17) is 5.73 Å². The van der Waals surface area contributed by atoms with Crippen molar-refractivity contribution in [2.75, 3.05) is 6.54 Å². The van der Waals surface area contributed by atoms with Crippen LogP contribution in [0.25, 0.3) is 0 Å². The van der Waals surface area contributed by atoms with Crippen LogP contribution in [0, 0.1) is 6.92 Å². The Morgan fingerprint density at radius 3 is 2.82 bits per heavy atom. The minimum absolute atomic E-state index is 0. The molecular formula is C7H14BrN3. The fraction of sp³-hybridized carbons (Fsp3) is 0.571. The van der Waals surface area contributed by atoms with Gasteiger partial charge in [-0.2, -0.15) is 0 Å². The molecule has 0 radical (unpaired) electrons. The van der Waals surface area contributed by atoms with E-state index in [1.54, 1.807) is 0 Å². The van der Waals surface area contributed by atoms with Crippen molar-refractivity contribution >= 4 is 17.0 Å². The predicted molar refractivity (Wildman–Crippen MR) is 51.0 cm³/mol. The Bertz CT molecular complexity index is 197. The molecule has 1 rings (SSSR count). The number of hydrogen-bond acceptors (Lipinski definition) is 2. The second kappa shape index (κ2) is 5.32. The summed E-state index contributed by atoms with van der Waals surface area (Å²) < 4.78 is 2.10. The molecule has 0 aliphatic heterocycles. The standard InChI is InChI=1S/C7H13N3.BrH/c1-7-9-4-6-10(7)5-2-3-8;/h4,6H,2-3,5,8H2,1H3;1H. The van der Waals surface area contributed by atoms with Crippen LogP contribution in [-0.2, 0) is 6.54 Å². The fourth-order valence-electron chi connectivity index (χ4n) is 0.902. The molecule has 3 nitrogen and oxygen atoms in total. The van der Waals surface area contributed by atoms with Crippen molar-refractivity contribution in [2.24, 2.45) is 5.73 Å². The summed E-state index contributed by atoms with van der Waals surface area (Å²) in [6.07, 6.45) is 4.81. The Hall–Kier alpha value is -0.350. The summed E-state index contributed by atoms with van der Waals surface area (Å²) in [5.41, 5.74) is 5.36. The molecule has 11 heavy (non-hydrogen) atoms. The summed E-state index contributed by atoms with van der Waals surface area (Å²) in [5, 5.41) is 0. The molecule has 0 atom stereocenters. The smallest absolute Gasteiger partial charge is 0.105 e. The van der Waals surface area contributed by atoms with Crippen molar-refractivity contribution in [3.05, 3.63) is 18.2 Å². The Morgan fingerprint density at radius 1 is 1.64 bits per heavy atom. The largest absolute Gasteiger partial charge is 0.335 e. The highest BCUT2D eigenvalue weighted by atomic mass is 79.9. The zero-order valence-corrected chi connectivity index (χ0v) is 8.37. The molecule has 0 aliphatic carbocycles. The van der Waals surface area contributed by atoms with E-state index in [-0.39, 0.29) is 17.0 Å². The first-order valence-electron chi connectivity index (χ1n) is 3.52. The maximum atomic E-state index is 5.36. The number of imidazole rings is 1. The van der Waals surface area contributed by atoms with Gasteiger partial charge in [0.25, 0.3) is 0 Å². The summed E-state index contributed by atoms with van der Waals surface area (Å²) in [6, 6.07) is 0. The number of nitrogens with two attached hydrogens (primary N) is 1. The van der Waals surface area contributed by atoms with Gasteiger partial charge in [-0.15, -0.1) is 17.0 Å². The van der Waals surface area contributed by atoms with Crippen LogP contribution in [0.15, 0.2) is 12.4 Å². The van der Waals surface area contributed by atoms with Crippen molar-refractivity contribution in [2.45, 2.75) is 19.9 Å². The fourth-order valence-corrected chi connectivity index (χ4v) is 0.902. The van der Waals surface area contributed by atoms with Gasteiger partial charge in [0.15, 0.2) is 0 Å². The third-order valence-electron chi connectivity index (χ3n) is 1.53. The molecule has 4 heteroatoms. The molecule has 0 fully saturated rings. The van der Waals surface area contributed by atoms with Gasteiger partial charge in [0.2, 0.25) is 0 Å². The molecule has 64 valence electrons. The van der Waals surface area contributed by atoms with E-state index in [0.29, 0.717) is 0 Å². The minimum Gasteiger partial charge on any atom is -0.335 e. The van der Waals surface area contributed by atoms with Crippen molar-refractivity contribution in [1.29, 1.82) is 0 Å². The van der Waals surface area contributed by atoms with Gasteiger partial charge in [0.1, 0.15) is 5.82 Å². The van der Waals surface area contributed by atoms with E-state index < -0.39 is 0 Å². The number of hydrogen-bond donors (Lipinski definition) is 1. The Kier molecular flexibility index (Phi) is 5.15. The van der Waals surface area contributed by atoms with Gasteiger partial charge in [-0.1, -0.05) is 0 Å². The number of halogens is 1. The molecule has 0 spiro atoms. The molecule has 0 aliphatic rings. The molecule has 0 aromatic carbocycles. The molecule has 1 aromatic heterocycles. The van der Waals surface area contributed by atoms with E-state index in [2.05, 4.69) is 9.55 Å². The molecular weight excluding hydrogens is 206 g/mol. The maximum Gasteiger partial charge on any atom is 0.105 e. The molecule has 0 unspecified atom stereocenters.